The molecule has 7 nitrogen and oxygen atoms in total. The van der Waals surface area contributed by atoms with Crippen LogP contribution in [0.1, 0.15) is 55.8 Å². The molecule has 3 rings (SSSR count). The van der Waals surface area contributed by atoms with Gasteiger partial charge in [0, 0.05) is 6.07 Å². The van der Waals surface area contributed by atoms with Crippen molar-refractivity contribution in [1.82, 2.24) is 0 Å². The summed E-state index contributed by atoms with van der Waals surface area (Å²) >= 11 is 0.889. The molecular weight excluding hydrogens is 482 g/mol. The summed E-state index contributed by atoms with van der Waals surface area (Å²) in [5.74, 6) is -10.2. The number of thiophene rings is 1. The van der Waals surface area contributed by atoms with Crippen molar-refractivity contribution in [2.75, 3.05) is 11.9 Å². The fourth-order valence-electron chi connectivity index (χ4n) is 2.95. The molecular formula is C22H17F4NO6S. The molecule has 0 aliphatic heterocycles. The van der Waals surface area contributed by atoms with E-state index in [0.717, 1.165) is 11.3 Å². The van der Waals surface area contributed by atoms with Crippen molar-refractivity contribution >= 4 is 34.0 Å². The van der Waals surface area contributed by atoms with Crippen molar-refractivity contribution in [2.24, 2.45) is 0 Å². The van der Waals surface area contributed by atoms with Crippen LogP contribution in [0, 0.1) is 30.2 Å². The van der Waals surface area contributed by atoms with Gasteiger partial charge in [-0.1, -0.05) is 0 Å². The number of esters is 1. The third-order valence-electron chi connectivity index (χ3n) is 4.49. The van der Waals surface area contributed by atoms with Crippen LogP contribution in [0.3, 0.4) is 0 Å². The highest BCUT2D eigenvalue weighted by Gasteiger charge is 2.26. The Morgan fingerprint density at radius 3 is 2.32 bits per heavy atom. The zero-order valence-corrected chi connectivity index (χ0v) is 18.8. The second-order valence-electron chi connectivity index (χ2n) is 6.84. The minimum Gasteiger partial charge on any atom is -0.479 e. The Hall–Kier alpha value is -3.67. The van der Waals surface area contributed by atoms with E-state index in [4.69, 9.17) is 13.9 Å². The summed E-state index contributed by atoms with van der Waals surface area (Å²) in [7, 11) is 0. The van der Waals surface area contributed by atoms with Crippen molar-refractivity contribution in [1.29, 1.82) is 0 Å². The summed E-state index contributed by atoms with van der Waals surface area (Å²) in [5.41, 5.74) is 0.380. The Bertz CT molecular complexity index is 1260. The molecule has 0 fully saturated rings. The molecule has 0 radical (unpaired) electrons. The number of anilines is 1. The van der Waals surface area contributed by atoms with E-state index in [0.29, 0.717) is 5.56 Å². The van der Waals surface area contributed by atoms with E-state index in [2.05, 4.69) is 5.32 Å². The lowest BCUT2D eigenvalue weighted by Crippen LogP contribution is -2.14. The highest BCUT2D eigenvalue weighted by atomic mass is 32.1. The number of halogens is 4. The van der Waals surface area contributed by atoms with Gasteiger partial charge in [0.25, 0.3) is 5.91 Å². The molecule has 2 heterocycles. The van der Waals surface area contributed by atoms with E-state index in [9.17, 15) is 31.9 Å². The second-order valence-corrected chi connectivity index (χ2v) is 7.86. The first-order valence-electron chi connectivity index (χ1n) is 9.72. The van der Waals surface area contributed by atoms with Gasteiger partial charge in [0.2, 0.25) is 11.6 Å². The van der Waals surface area contributed by atoms with Crippen LogP contribution in [0.5, 0.6) is 5.75 Å². The number of carbonyl (C=O) groups excluding carboxylic acids is 3. The number of furan rings is 1. The van der Waals surface area contributed by atoms with Crippen molar-refractivity contribution in [3.8, 4) is 5.75 Å². The summed E-state index contributed by atoms with van der Waals surface area (Å²) in [5, 5.41) is 2.54. The summed E-state index contributed by atoms with van der Waals surface area (Å²) in [4.78, 5) is 37.1. The summed E-state index contributed by atoms with van der Waals surface area (Å²) in [6, 6.07) is 2.50. The van der Waals surface area contributed by atoms with E-state index >= 15 is 0 Å². The number of ether oxygens (including phenoxy) is 2. The minimum atomic E-state index is -1.72. The number of carbonyl (C=O) groups is 3. The van der Waals surface area contributed by atoms with Crippen LogP contribution < -0.4 is 10.1 Å². The van der Waals surface area contributed by atoms with Gasteiger partial charge in [-0.3, -0.25) is 9.59 Å². The van der Waals surface area contributed by atoms with Gasteiger partial charge in [-0.15, -0.1) is 11.3 Å². The molecule has 0 spiro atoms. The van der Waals surface area contributed by atoms with E-state index in [1.807, 2.05) is 0 Å². The molecule has 0 unspecified atom stereocenters. The quantitative estimate of drug-likeness (QED) is 0.193. The Labute approximate surface area is 194 Å². The van der Waals surface area contributed by atoms with Gasteiger partial charge in [-0.2, -0.15) is 8.78 Å². The zero-order chi connectivity index (χ0) is 25.2. The summed E-state index contributed by atoms with van der Waals surface area (Å²) in [6.45, 7) is 3.89. The SMILES string of the molecule is CCOC(=O)c1c(NC(=O)c2ccc(COc3c(F)c(F)cc(F)c3F)o2)sc(C(C)=O)c1C. The summed E-state index contributed by atoms with van der Waals surface area (Å²) in [6.07, 6.45) is 0. The standard InChI is InChI=1S/C22H17F4NO6S/c1-4-31-22(30)15-9(2)19(10(3)28)34-21(15)27-20(29)14-6-5-11(33-14)8-32-18-16(25)12(23)7-13(24)17(18)26/h5-7H,4,8H2,1-3H3,(H,27,29). The fraction of sp³-hybridized carbons (Fsp3) is 0.227. The van der Waals surface area contributed by atoms with Crippen LogP contribution in [0.25, 0.3) is 0 Å². The largest absolute Gasteiger partial charge is 0.479 e. The van der Waals surface area contributed by atoms with Crippen molar-refractivity contribution < 1.29 is 45.8 Å². The van der Waals surface area contributed by atoms with Crippen LogP contribution in [0.2, 0.25) is 0 Å². The average molecular weight is 499 g/mol. The maximum Gasteiger partial charge on any atom is 0.341 e. The van der Waals surface area contributed by atoms with E-state index in [1.165, 1.54) is 19.1 Å². The van der Waals surface area contributed by atoms with E-state index in [1.54, 1.807) is 13.8 Å². The number of benzene rings is 1. The van der Waals surface area contributed by atoms with Crippen molar-refractivity contribution in [2.45, 2.75) is 27.4 Å². The highest BCUT2D eigenvalue weighted by Crippen LogP contribution is 2.34. The lowest BCUT2D eigenvalue weighted by Gasteiger charge is -2.08. The van der Waals surface area contributed by atoms with Crippen LogP contribution in [0.4, 0.5) is 22.6 Å². The van der Waals surface area contributed by atoms with Gasteiger partial charge < -0.3 is 19.2 Å². The molecule has 0 saturated heterocycles. The zero-order valence-electron chi connectivity index (χ0n) is 18.0. The van der Waals surface area contributed by atoms with Crippen LogP contribution >= 0.6 is 11.3 Å². The highest BCUT2D eigenvalue weighted by molar-refractivity contribution is 7.18. The van der Waals surface area contributed by atoms with Gasteiger partial charge >= 0.3 is 5.97 Å². The molecule has 3 aromatic rings. The molecule has 0 atom stereocenters. The maximum atomic E-state index is 13.7. The molecule has 0 aliphatic carbocycles. The molecule has 1 amide bonds. The number of hydrogen-bond donors (Lipinski definition) is 1. The predicted octanol–water partition coefficient (Wildman–Crippen LogP) is 5.42. The first-order valence-corrected chi connectivity index (χ1v) is 10.5. The lowest BCUT2D eigenvalue weighted by atomic mass is 10.1. The first kappa shape index (κ1) is 25.0. The number of rotatable bonds is 8. The number of nitrogens with one attached hydrogen (secondary N) is 1. The smallest absolute Gasteiger partial charge is 0.341 e. The van der Waals surface area contributed by atoms with Crippen molar-refractivity contribution in [3.05, 3.63) is 69.0 Å². The van der Waals surface area contributed by atoms with E-state index < -0.39 is 47.5 Å². The van der Waals surface area contributed by atoms with E-state index in [-0.39, 0.29) is 45.4 Å². The van der Waals surface area contributed by atoms with Crippen LogP contribution in [-0.2, 0) is 11.3 Å². The normalized spacial score (nSPS) is 10.8. The van der Waals surface area contributed by atoms with Crippen LogP contribution in [0.15, 0.2) is 22.6 Å². The lowest BCUT2D eigenvalue weighted by molar-refractivity contribution is 0.0527. The topological polar surface area (TPSA) is 94.8 Å². The summed E-state index contributed by atoms with van der Waals surface area (Å²) < 4.78 is 69.1. The molecule has 34 heavy (non-hydrogen) atoms. The molecule has 1 aromatic carbocycles. The number of amides is 1. The number of hydrogen-bond acceptors (Lipinski definition) is 7. The predicted molar refractivity (Wildman–Crippen MR) is 112 cm³/mol. The first-order chi connectivity index (χ1) is 16.0. The number of ketones is 1. The Balaban J connectivity index is 1.79. The molecule has 180 valence electrons. The fourth-order valence-corrected chi connectivity index (χ4v) is 4.04. The second kappa shape index (κ2) is 10.1. The molecule has 0 bridgehead atoms. The third kappa shape index (κ3) is 4.96. The molecule has 1 N–H and O–H groups in total. The van der Waals surface area contributed by atoms with Crippen molar-refractivity contribution in [3.63, 3.8) is 0 Å². The maximum absolute atomic E-state index is 13.7. The van der Waals surface area contributed by atoms with Crippen LogP contribution in [-0.4, -0.2) is 24.3 Å². The third-order valence-corrected chi connectivity index (χ3v) is 5.80. The van der Waals surface area contributed by atoms with Gasteiger partial charge in [-0.05, 0) is 38.5 Å². The Kier molecular flexibility index (Phi) is 7.40. The molecule has 2 aromatic heterocycles. The monoisotopic (exact) mass is 499 g/mol. The Morgan fingerprint density at radius 2 is 1.74 bits per heavy atom. The van der Waals surface area contributed by atoms with Gasteiger partial charge in [0.15, 0.2) is 28.9 Å². The van der Waals surface area contributed by atoms with Gasteiger partial charge in [0.1, 0.15) is 17.4 Å². The Morgan fingerprint density at radius 1 is 1.09 bits per heavy atom. The average Bonchev–Trinajstić information content (AvgIpc) is 3.37. The molecule has 12 heteroatoms. The van der Waals surface area contributed by atoms with Gasteiger partial charge in [0.05, 0.1) is 17.0 Å². The minimum absolute atomic E-state index is 0.0274. The number of Topliss-reactive ketones (excluding diaryl/α,β-unsaturated/α-hetero) is 1. The van der Waals surface area contributed by atoms with Gasteiger partial charge in [-0.25, -0.2) is 13.6 Å². The molecule has 0 saturated carbocycles. The molecule has 0 aliphatic rings.